The average molecular weight is 268 g/mol. The van der Waals surface area contributed by atoms with Crippen molar-refractivity contribution in [1.29, 1.82) is 0 Å². The second-order valence-corrected chi connectivity index (χ2v) is 4.85. The smallest absolute Gasteiger partial charge is 0.315 e. The Morgan fingerprint density at radius 3 is 2.83 bits per heavy atom. The Hall–Kier alpha value is -1.55. The van der Waals surface area contributed by atoms with E-state index in [2.05, 4.69) is 0 Å². The van der Waals surface area contributed by atoms with Crippen LogP contribution in [-0.4, -0.2) is 28.4 Å². The zero-order chi connectivity index (χ0) is 13.3. The van der Waals surface area contributed by atoms with Gasteiger partial charge in [-0.2, -0.15) is 0 Å². The number of carboxylic acid groups (broad SMARTS) is 1. The van der Waals surface area contributed by atoms with Crippen LogP contribution in [0.1, 0.15) is 18.1 Å². The molecule has 0 saturated carbocycles. The van der Waals surface area contributed by atoms with Crippen molar-refractivity contribution in [2.75, 3.05) is 6.54 Å². The second kappa shape index (κ2) is 4.98. The van der Waals surface area contributed by atoms with Crippen molar-refractivity contribution in [3.63, 3.8) is 0 Å². The number of hydrogen-bond donors (Lipinski definition) is 1. The number of fused-ring (bicyclic) bond motifs is 1. The van der Waals surface area contributed by atoms with Crippen LogP contribution >= 0.6 is 11.6 Å². The lowest BCUT2D eigenvalue weighted by molar-refractivity contribution is -0.150. The number of aliphatic carboxylic acids is 1. The van der Waals surface area contributed by atoms with Crippen molar-refractivity contribution >= 4 is 23.5 Å². The van der Waals surface area contributed by atoms with Crippen molar-refractivity contribution in [3.05, 3.63) is 34.3 Å². The largest absolute Gasteiger partial charge is 0.481 e. The number of hydrogen-bond acceptors (Lipinski definition) is 2. The molecule has 2 rings (SSSR count). The van der Waals surface area contributed by atoms with E-state index in [-0.39, 0.29) is 5.91 Å². The standard InChI is InChI=1S/C13H14ClNO3/c1-8(13(17)18)12(16)15-6-5-10-9(7-15)3-2-4-11(10)14/h2-4,8H,5-7H2,1H3,(H,17,18). The van der Waals surface area contributed by atoms with Gasteiger partial charge in [-0.3, -0.25) is 9.59 Å². The van der Waals surface area contributed by atoms with Gasteiger partial charge in [0.1, 0.15) is 5.92 Å². The molecule has 1 heterocycles. The number of carbonyl (C=O) groups is 2. The van der Waals surface area contributed by atoms with Gasteiger partial charge in [0, 0.05) is 18.1 Å². The number of amides is 1. The van der Waals surface area contributed by atoms with Crippen molar-refractivity contribution < 1.29 is 14.7 Å². The summed E-state index contributed by atoms with van der Waals surface area (Å²) in [5.41, 5.74) is 2.06. The summed E-state index contributed by atoms with van der Waals surface area (Å²) in [6, 6.07) is 5.60. The number of nitrogens with zero attached hydrogens (tertiary/aromatic N) is 1. The van der Waals surface area contributed by atoms with Crippen LogP contribution in [-0.2, 0) is 22.6 Å². The third kappa shape index (κ3) is 2.34. The molecule has 0 aromatic heterocycles. The molecule has 1 aliphatic rings. The Labute approximate surface area is 110 Å². The summed E-state index contributed by atoms with van der Waals surface area (Å²) in [5.74, 6) is -2.42. The molecule has 1 aliphatic heterocycles. The lowest BCUT2D eigenvalue weighted by Crippen LogP contribution is -2.41. The van der Waals surface area contributed by atoms with Gasteiger partial charge in [0.05, 0.1) is 0 Å². The molecule has 5 heteroatoms. The highest BCUT2D eigenvalue weighted by Gasteiger charge is 2.29. The first-order valence-corrected chi connectivity index (χ1v) is 6.16. The molecule has 1 amide bonds. The molecular formula is C13H14ClNO3. The van der Waals surface area contributed by atoms with Gasteiger partial charge in [-0.05, 0) is 30.5 Å². The van der Waals surface area contributed by atoms with Gasteiger partial charge in [0.25, 0.3) is 0 Å². The van der Waals surface area contributed by atoms with Gasteiger partial charge in [-0.1, -0.05) is 23.7 Å². The van der Waals surface area contributed by atoms with Crippen LogP contribution in [0.3, 0.4) is 0 Å². The summed E-state index contributed by atoms with van der Waals surface area (Å²) in [5, 5.41) is 9.57. The molecule has 0 spiro atoms. The van der Waals surface area contributed by atoms with Crippen LogP contribution < -0.4 is 0 Å². The first-order chi connectivity index (χ1) is 8.50. The number of benzene rings is 1. The second-order valence-electron chi connectivity index (χ2n) is 4.45. The third-order valence-electron chi connectivity index (χ3n) is 3.26. The molecule has 4 nitrogen and oxygen atoms in total. The van der Waals surface area contributed by atoms with Gasteiger partial charge >= 0.3 is 5.97 Å². The Morgan fingerprint density at radius 2 is 2.17 bits per heavy atom. The topological polar surface area (TPSA) is 57.6 Å². The molecule has 1 N–H and O–H groups in total. The monoisotopic (exact) mass is 267 g/mol. The number of rotatable bonds is 2. The fourth-order valence-electron chi connectivity index (χ4n) is 2.13. The first-order valence-electron chi connectivity index (χ1n) is 5.78. The van der Waals surface area contributed by atoms with Crippen LogP contribution in [0.4, 0.5) is 0 Å². The van der Waals surface area contributed by atoms with Gasteiger partial charge in [-0.15, -0.1) is 0 Å². The minimum atomic E-state index is -1.09. The maximum absolute atomic E-state index is 11.9. The molecular weight excluding hydrogens is 254 g/mol. The maximum Gasteiger partial charge on any atom is 0.315 e. The van der Waals surface area contributed by atoms with Crippen LogP contribution in [0.2, 0.25) is 5.02 Å². The van der Waals surface area contributed by atoms with E-state index >= 15 is 0 Å². The van der Waals surface area contributed by atoms with E-state index in [1.807, 2.05) is 18.2 Å². The maximum atomic E-state index is 11.9. The van der Waals surface area contributed by atoms with E-state index in [4.69, 9.17) is 16.7 Å². The molecule has 1 unspecified atom stereocenters. The minimum Gasteiger partial charge on any atom is -0.481 e. The Morgan fingerprint density at radius 1 is 1.44 bits per heavy atom. The van der Waals surface area contributed by atoms with Crippen LogP contribution in [0.25, 0.3) is 0 Å². The normalized spacial score (nSPS) is 16.0. The highest BCUT2D eigenvalue weighted by atomic mass is 35.5. The van der Waals surface area contributed by atoms with Crippen molar-refractivity contribution in [1.82, 2.24) is 4.90 Å². The highest BCUT2D eigenvalue weighted by Crippen LogP contribution is 2.26. The van der Waals surface area contributed by atoms with Gasteiger partial charge in [-0.25, -0.2) is 0 Å². The van der Waals surface area contributed by atoms with Gasteiger partial charge < -0.3 is 10.0 Å². The van der Waals surface area contributed by atoms with E-state index in [9.17, 15) is 9.59 Å². The summed E-state index contributed by atoms with van der Waals surface area (Å²) >= 11 is 6.08. The SMILES string of the molecule is CC(C(=O)O)C(=O)N1CCc2c(Cl)cccc2C1. The van der Waals surface area contributed by atoms with Crippen molar-refractivity contribution in [2.24, 2.45) is 5.92 Å². The fourth-order valence-corrected chi connectivity index (χ4v) is 2.42. The average Bonchev–Trinajstić information content (AvgIpc) is 2.36. The van der Waals surface area contributed by atoms with Crippen molar-refractivity contribution in [2.45, 2.75) is 19.9 Å². The lowest BCUT2D eigenvalue weighted by Gasteiger charge is -2.30. The fraction of sp³-hybridized carbons (Fsp3) is 0.385. The Bertz CT molecular complexity index is 501. The predicted molar refractivity (Wildman–Crippen MR) is 67.4 cm³/mol. The van der Waals surface area contributed by atoms with Gasteiger partial charge in [0.15, 0.2) is 0 Å². The summed E-state index contributed by atoms with van der Waals surface area (Å²) < 4.78 is 0. The zero-order valence-corrected chi connectivity index (χ0v) is 10.8. The molecule has 96 valence electrons. The summed E-state index contributed by atoms with van der Waals surface area (Å²) in [6.07, 6.45) is 0.674. The molecule has 1 aromatic rings. The van der Waals surface area contributed by atoms with E-state index in [0.717, 1.165) is 11.1 Å². The predicted octanol–water partition coefficient (Wildman–Crippen LogP) is 1.95. The number of carboxylic acids is 1. The summed E-state index contributed by atoms with van der Waals surface area (Å²) in [4.78, 5) is 24.3. The molecule has 1 atom stereocenters. The van der Waals surface area contributed by atoms with E-state index in [1.165, 1.54) is 6.92 Å². The minimum absolute atomic E-state index is 0.340. The lowest BCUT2D eigenvalue weighted by atomic mass is 9.98. The zero-order valence-electron chi connectivity index (χ0n) is 10.0. The van der Waals surface area contributed by atoms with Crippen LogP contribution in [0, 0.1) is 5.92 Å². The van der Waals surface area contributed by atoms with E-state index < -0.39 is 11.9 Å². The number of halogens is 1. The van der Waals surface area contributed by atoms with Crippen LogP contribution in [0.5, 0.6) is 0 Å². The quantitative estimate of drug-likeness (QED) is 0.833. The molecule has 0 bridgehead atoms. The summed E-state index contributed by atoms with van der Waals surface area (Å²) in [7, 11) is 0. The van der Waals surface area contributed by atoms with E-state index in [1.54, 1.807) is 4.90 Å². The number of carbonyl (C=O) groups excluding carboxylic acids is 1. The Kier molecular flexibility index (Phi) is 3.57. The third-order valence-corrected chi connectivity index (χ3v) is 3.62. The first kappa shape index (κ1) is 12.9. The van der Waals surface area contributed by atoms with Crippen molar-refractivity contribution in [3.8, 4) is 0 Å². The molecule has 0 radical (unpaired) electrons. The van der Waals surface area contributed by atoms with Gasteiger partial charge in [0.2, 0.25) is 5.91 Å². The molecule has 1 aromatic carbocycles. The van der Waals surface area contributed by atoms with E-state index in [0.29, 0.717) is 24.5 Å². The molecule has 0 saturated heterocycles. The molecule has 18 heavy (non-hydrogen) atoms. The molecule has 0 aliphatic carbocycles. The van der Waals surface area contributed by atoms with Crippen LogP contribution in [0.15, 0.2) is 18.2 Å². The summed E-state index contributed by atoms with van der Waals surface area (Å²) in [6.45, 7) is 2.37. The molecule has 0 fully saturated rings. The Balaban J connectivity index is 2.18. The highest BCUT2D eigenvalue weighted by molar-refractivity contribution is 6.31.